The molecule has 1 saturated carbocycles. The zero-order chi connectivity index (χ0) is 22.8. The summed E-state index contributed by atoms with van der Waals surface area (Å²) in [4.78, 5) is 6.16. The molecular formula is C31H37BN2. The SMILES string of the molecule is [B]C1CC2C3CCC4CCC5C(C6C(CCC1N26)C5(c1ccc(C)cc1)c1ccc(C)cc1)N43. The van der Waals surface area contributed by atoms with Crippen LogP contribution in [0.2, 0.25) is 5.82 Å². The van der Waals surface area contributed by atoms with E-state index in [-0.39, 0.29) is 5.41 Å². The molecule has 9 atom stereocenters. The number of nitrogens with zero attached hydrogens (tertiary/aromatic N) is 2. The third-order valence-corrected chi connectivity index (χ3v) is 11.5. The van der Waals surface area contributed by atoms with Crippen molar-refractivity contribution in [3.63, 3.8) is 0 Å². The molecule has 5 saturated heterocycles. The van der Waals surface area contributed by atoms with Crippen LogP contribution in [0.5, 0.6) is 0 Å². The van der Waals surface area contributed by atoms with E-state index in [4.69, 9.17) is 7.85 Å². The Labute approximate surface area is 206 Å². The maximum atomic E-state index is 6.89. The molecule has 0 aromatic heterocycles. The van der Waals surface area contributed by atoms with Gasteiger partial charge in [0.25, 0.3) is 0 Å². The first-order chi connectivity index (χ1) is 16.6. The predicted octanol–water partition coefficient (Wildman–Crippen LogP) is 5.41. The molecule has 34 heavy (non-hydrogen) atoms. The van der Waals surface area contributed by atoms with Crippen LogP contribution in [0.25, 0.3) is 0 Å². The lowest BCUT2D eigenvalue weighted by Gasteiger charge is -2.58. The lowest BCUT2D eigenvalue weighted by Crippen LogP contribution is -2.70. The zero-order valence-electron chi connectivity index (χ0n) is 20.7. The molecule has 174 valence electrons. The van der Waals surface area contributed by atoms with Crippen molar-refractivity contribution in [2.45, 2.75) is 106 Å². The Morgan fingerprint density at radius 2 is 1.18 bits per heavy atom. The molecular weight excluding hydrogens is 411 g/mol. The molecule has 3 heteroatoms. The third-order valence-electron chi connectivity index (χ3n) is 11.5. The first-order valence-electron chi connectivity index (χ1n) is 14.0. The van der Waals surface area contributed by atoms with Gasteiger partial charge in [0.1, 0.15) is 0 Å². The fourth-order valence-electron chi connectivity index (χ4n) is 10.5. The number of rotatable bonds is 2. The van der Waals surface area contributed by atoms with Gasteiger partial charge in [0.2, 0.25) is 0 Å². The molecule has 9 unspecified atom stereocenters. The van der Waals surface area contributed by atoms with Crippen LogP contribution in [0.4, 0.5) is 0 Å². The molecule has 0 bridgehead atoms. The van der Waals surface area contributed by atoms with Gasteiger partial charge < -0.3 is 0 Å². The average molecular weight is 448 g/mol. The van der Waals surface area contributed by atoms with Gasteiger partial charge in [-0.05, 0) is 81.8 Å². The Bertz CT molecular complexity index is 1060. The second-order valence-corrected chi connectivity index (χ2v) is 12.7. The van der Waals surface area contributed by atoms with Gasteiger partial charge in [-0.2, -0.15) is 0 Å². The van der Waals surface area contributed by atoms with Crippen molar-refractivity contribution in [2.24, 2.45) is 11.8 Å². The summed E-state index contributed by atoms with van der Waals surface area (Å²) in [6.45, 7) is 4.47. The van der Waals surface area contributed by atoms with Gasteiger partial charge in [-0.3, -0.25) is 9.80 Å². The van der Waals surface area contributed by atoms with E-state index in [1.807, 2.05) is 0 Å². The molecule has 2 nitrogen and oxygen atoms in total. The summed E-state index contributed by atoms with van der Waals surface area (Å²) in [7, 11) is 6.89. The van der Waals surface area contributed by atoms with Gasteiger partial charge in [0.05, 0.1) is 7.85 Å². The van der Waals surface area contributed by atoms with E-state index in [1.54, 1.807) is 11.1 Å². The van der Waals surface area contributed by atoms with E-state index in [9.17, 15) is 0 Å². The maximum Gasteiger partial charge on any atom is 0.0721 e. The van der Waals surface area contributed by atoms with E-state index < -0.39 is 0 Å². The molecule has 8 rings (SSSR count). The molecule has 0 amide bonds. The highest BCUT2D eigenvalue weighted by atomic mass is 15.4. The molecule has 5 aliphatic heterocycles. The van der Waals surface area contributed by atoms with Crippen LogP contribution in [0.1, 0.15) is 67.2 Å². The van der Waals surface area contributed by atoms with E-state index in [2.05, 4.69) is 72.2 Å². The van der Waals surface area contributed by atoms with E-state index in [0.29, 0.717) is 41.8 Å². The summed E-state index contributed by atoms with van der Waals surface area (Å²) in [6.07, 6.45) is 9.41. The first-order valence-corrected chi connectivity index (χ1v) is 14.0. The van der Waals surface area contributed by atoms with Crippen molar-refractivity contribution < 1.29 is 0 Å². The Hall–Kier alpha value is -1.58. The Kier molecular flexibility index (Phi) is 4.25. The molecule has 2 aromatic carbocycles. The highest BCUT2D eigenvalue weighted by Gasteiger charge is 2.72. The van der Waals surface area contributed by atoms with Crippen molar-refractivity contribution >= 4 is 7.85 Å². The number of hydrogen-bond acceptors (Lipinski definition) is 2. The van der Waals surface area contributed by atoms with E-state index >= 15 is 0 Å². The number of piperazine rings is 1. The van der Waals surface area contributed by atoms with Crippen molar-refractivity contribution in [3.05, 3.63) is 70.8 Å². The standard InChI is InChI=1S/C31H37BN2/c1-18-3-7-20(8-4-18)31(21-9-5-19(2)6-10-21)23-13-11-22-12-15-27-28-17-25(32)26-16-14-24(31)30(34(26)28)29(23)33(22)27/h3-10,22-30H,11-17H2,1-2H3. The summed E-state index contributed by atoms with van der Waals surface area (Å²) in [5.41, 5.74) is 6.02. The lowest BCUT2D eigenvalue weighted by molar-refractivity contribution is -0.0947. The van der Waals surface area contributed by atoms with Gasteiger partial charge in [0, 0.05) is 41.7 Å². The van der Waals surface area contributed by atoms with E-state index in [1.165, 1.54) is 56.1 Å². The fraction of sp³-hybridized carbons (Fsp3) is 0.613. The van der Waals surface area contributed by atoms with Gasteiger partial charge in [-0.1, -0.05) is 65.5 Å². The molecule has 1 aliphatic carbocycles. The third kappa shape index (κ3) is 2.37. The lowest BCUT2D eigenvalue weighted by atomic mass is 9.59. The molecule has 2 aromatic rings. The van der Waals surface area contributed by atoms with Crippen molar-refractivity contribution in [2.75, 3.05) is 0 Å². The Morgan fingerprint density at radius 3 is 1.82 bits per heavy atom. The van der Waals surface area contributed by atoms with Crippen LogP contribution in [0.3, 0.4) is 0 Å². The molecule has 2 radical (unpaired) electrons. The Balaban J connectivity index is 1.39. The minimum Gasteiger partial charge on any atom is -0.292 e. The van der Waals surface area contributed by atoms with Crippen LogP contribution < -0.4 is 0 Å². The van der Waals surface area contributed by atoms with E-state index in [0.717, 1.165) is 12.1 Å². The molecule has 0 N–H and O–H groups in total. The highest BCUT2D eigenvalue weighted by molar-refractivity contribution is 6.12. The second kappa shape index (κ2) is 7.01. The van der Waals surface area contributed by atoms with Crippen LogP contribution >= 0.6 is 0 Å². The zero-order valence-corrected chi connectivity index (χ0v) is 20.7. The van der Waals surface area contributed by atoms with Crippen LogP contribution in [-0.4, -0.2) is 53.9 Å². The summed E-state index contributed by atoms with van der Waals surface area (Å²) < 4.78 is 0. The smallest absolute Gasteiger partial charge is 0.0721 e. The second-order valence-electron chi connectivity index (χ2n) is 12.7. The van der Waals surface area contributed by atoms with Crippen molar-refractivity contribution in [1.29, 1.82) is 0 Å². The minimum atomic E-state index is 0.112. The largest absolute Gasteiger partial charge is 0.292 e. The summed E-state index contributed by atoms with van der Waals surface area (Å²) in [5, 5.41) is 0. The number of fused-ring (bicyclic) bond motifs is 1. The van der Waals surface area contributed by atoms with Crippen LogP contribution in [0.15, 0.2) is 48.5 Å². The first kappa shape index (κ1) is 20.6. The number of benzene rings is 2. The number of piperidine rings is 2. The number of aryl methyl sites for hydroxylation is 2. The Morgan fingerprint density at radius 1 is 0.647 bits per heavy atom. The summed E-state index contributed by atoms with van der Waals surface area (Å²) in [6, 6.07) is 23.7. The van der Waals surface area contributed by atoms with Gasteiger partial charge in [0.15, 0.2) is 0 Å². The van der Waals surface area contributed by atoms with Crippen LogP contribution in [-0.2, 0) is 5.41 Å². The monoisotopic (exact) mass is 448 g/mol. The quantitative estimate of drug-likeness (QED) is 0.567. The average Bonchev–Trinajstić information content (AvgIpc) is 3.51. The fourth-order valence-corrected chi connectivity index (χ4v) is 10.5. The minimum absolute atomic E-state index is 0.112. The normalized spacial score (nSPS) is 43.8. The summed E-state index contributed by atoms with van der Waals surface area (Å²) >= 11 is 0. The molecule has 0 spiro atoms. The van der Waals surface area contributed by atoms with Gasteiger partial charge in [-0.25, -0.2) is 0 Å². The predicted molar refractivity (Wildman–Crippen MR) is 138 cm³/mol. The van der Waals surface area contributed by atoms with Crippen LogP contribution in [0, 0.1) is 25.7 Å². The number of hydrogen-bond donors (Lipinski definition) is 0. The highest BCUT2D eigenvalue weighted by Crippen LogP contribution is 2.67. The van der Waals surface area contributed by atoms with Gasteiger partial charge in [-0.15, -0.1) is 0 Å². The van der Waals surface area contributed by atoms with Crippen molar-refractivity contribution in [1.82, 2.24) is 9.80 Å². The molecule has 6 aliphatic rings. The van der Waals surface area contributed by atoms with Gasteiger partial charge >= 0.3 is 0 Å². The van der Waals surface area contributed by atoms with Crippen molar-refractivity contribution in [3.8, 4) is 0 Å². The molecule has 6 fully saturated rings. The maximum absolute atomic E-state index is 6.89. The topological polar surface area (TPSA) is 6.48 Å². The summed E-state index contributed by atoms with van der Waals surface area (Å²) in [5.74, 6) is 1.75. The molecule has 5 heterocycles.